The lowest BCUT2D eigenvalue weighted by Crippen LogP contribution is -2.27. The van der Waals surface area contributed by atoms with E-state index in [-0.39, 0.29) is 12.2 Å². The smallest absolute Gasteiger partial charge is 0.296 e. The predicted molar refractivity (Wildman–Crippen MR) is 97.7 cm³/mol. The van der Waals surface area contributed by atoms with Crippen LogP contribution in [0.2, 0.25) is 0 Å². The van der Waals surface area contributed by atoms with Crippen LogP contribution in [0.5, 0.6) is 5.75 Å². The van der Waals surface area contributed by atoms with Gasteiger partial charge < -0.3 is 15.3 Å². The first-order valence-corrected chi connectivity index (χ1v) is 8.25. The van der Waals surface area contributed by atoms with E-state index >= 15 is 0 Å². The standard InChI is InChI=1S/C20H20N2O4/c1-13-21-17(12-23)19(25)20(26)22(13)11-18(24)16-9-7-15(8-10-16)14-5-3-2-4-6-14/h2-10,18,23-25H,11-12H2,1H3. The molecule has 6 heteroatoms. The van der Waals surface area contributed by atoms with Crippen molar-refractivity contribution in [1.29, 1.82) is 0 Å². The van der Waals surface area contributed by atoms with Crippen molar-refractivity contribution >= 4 is 0 Å². The zero-order valence-corrected chi connectivity index (χ0v) is 14.3. The summed E-state index contributed by atoms with van der Waals surface area (Å²) in [6, 6.07) is 17.3. The number of hydrogen-bond donors (Lipinski definition) is 3. The summed E-state index contributed by atoms with van der Waals surface area (Å²) >= 11 is 0. The van der Waals surface area contributed by atoms with Gasteiger partial charge >= 0.3 is 0 Å². The van der Waals surface area contributed by atoms with E-state index in [1.165, 1.54) is 4.57 Å². The molecule has 0 aliphatic carbocycles. The van der Waals surface area contributed by atoms with Crippen LogP contribution in [-0.2, 0) is 13.2 Å². The molecule has 26 heavy (non-hydrogen) atoms. The fourth-order valence-electron chi connectivity index (χ4n) is 2.84. The second-order valence-corrected chi connectivity index (χ2v) is 6.03. The highest BCUT2D eigenvalue weighted by Gasteiger charge is 2.16. The van der Waals surface area contributed by atoms with E-state index in [0.717, 1.165) is 11.1 Å². The fraction of sp³-hybridized carbons (Fsp3) is 0.200. The lowest BCUT2D eigenvalue weighted by Gasteiger charge is -2.16. The van der Waals surface area contributed by atoms with E-state index in [2.05, 4.69) is 4.98 Å². The van der Waals surface area contributed by atoms with Gasteiger partial charge in [0.15, 0.2) is 0 Å². The van der Waals surface area contributed by atoms with Crippen LogP contribution >= 0.6 is 0 Å². The molecule has 3 aromatic rings. The highest BCUT2D eigenvalue weighted by atomic mass is 16.3. The molecule has 0 aliphatic rings. The largest absolute Gasteiger partial charge is 0.502 e. The molecule has 134 valence electrons. The molecule has 0 saturated heterocycles. The second kappa shape index (κ2) is 7.51. The number of rotatable bonds is 5. The highest BCUT2D eigenvalue weighted by molar-refractivity contribution is 5.63. The van der Waals surface area contributed by atoms with Crippen molar-refractivity contribution in [3.8, 4) is 16.9 Å². The van der Waals surface area contributed by atoms with Crippen molar-refractivity contribution in [2.75, 3.05) is 0 Å². The summed E-state index contributed by atoms with van der Waals surface area (Å²) < 4.78 is 1.20. The first kappa shape index (κ1) is 17.8. The van der Waals surface area contributed by atoms with Gasteiger partial charge in [0.05, 0.1) is 19.3 Å². The maximum atomic E-state index is 12.2. The molecule has 0 spiro atoms. The molecule has 0 aliphatic heterocycles. The van der Waals surface area contributed by atoms with E-state index in [1.807, 2.05) is 54.6 Å². The molecule has 0 amide bonds. The minimum atomic E-state index is -0.933. The minimum absolute atomic E-state index is 0.0401. The van der Waals surface area contributed by atoms with Crippen LogP contribution in [0, 0.1) is 6.92 Å². The van der Waals surface area contributed by atoms with Crippen LogP contribution in [0.1, 0.15) is 23.2 Å². The van der Waals surface area contributed by atoms with Gasteiger partial charge in [-0.05, 0) is 23.6 Å². The molecule has 1 atom stereocenters. The average molecular weight is 352 g/mol. The van der Waals surface area contributed by atoms with E-state index in [1.54, 1.807) is 6.92 Å². The Balaban J connectivity index is 1.84. The third kappa shape index (κ3) is 3.51. The Morgan fingerprint density at radius 2 is 1.65 bits per heavy atom. The number of aromatic hydroxyl groups is 1. The molecule has 3 N–H and O–H groups in total. The van der Waals surface area contributed by atoms with Gasteiger partial charge in [-0.1, -0.05) is 54.6 Å². The van der Waals surface area contributed by atoms with Crippen molar-refractivity contribution in [2.45, 2.75) is 26.2 Å². The van der Waals surface area contributed by atoms with Gasteiger partial charge in [-0.2, -0.15) is 0 Å². The third-order valence-corrected chi connectivity index (χ3v) is 4.32. The maximum absolute atomic E-state index is 12.2. The molecule has 2 aromatic carbocycles. The van der Waals surface area contributed by atoms with Crippen molar-refractivity contribution in [3.05, 3.63) is 82.0 Å². The number of aliphatic hydroxyl groups excluding tert-OH is 2. The van der Waals surface area contributed by atoms with E-state index in [0.29, 0.717) is 11.4 Å². The summed E-state index contributed by atoms with van der Waals surface area (Å²) in [5.74, 6) is -0.276. The Morgan fingerprint density at radius 1 is 1.04 bits per heavy atom. The molecule has 1 aromatic heterocycles. The molecule has 3 rings (SSSR count). The van der Waals surface area contributed by atoms with Crippen LogP contribution in [0.25, 0.3) is 11.1 Å². The predicted octanol–water partition coefficient (Wildman–Crippen LogP) is 2.15. The Kier molecular flexibility index (Phi) is 5.16. The normalized spacial score (nSPS) is 12.1. The van der Waals surface area contributed by atoms with Gasteiger partial charge in [0.2, 0.25) is 5.75 Å². The van der Waals surface area contributed by atoms with Crippen LogP contribution in [0.3, 0.4) is 0 Å². The van der Waals surface area contributed by atoms with Crippen LogP contribution in [0.15, 0.2) is 59.4 Å². The van der Waals surface area contributed by atoms with Crippen LogP contribution in [-0.4, -0.2) is 24.9 Å². The molecule has 1 heterocycles. The average Bonchev–Trinajstić information content (AvgIpc) is 2.68. The quantitative estimate of drug-likeness (QED) is 0.654. The number of hydrogen-bond acceptors (Lipinski definition) is 5. The molecular weight excluding hydrogens is 332 g/mol. The zero-order valence-electron chi connectivity index (χ0n) is 14.3. The number of aryl methyl sites for hydroxylation is 1. The molecule has 6 nitrogen and oxygen atoms in total. The van der Waals surface area contributed by atoms with E-state index < -0.39 is 24.0 Å². The Morgan fingerprint density at radius 3 is 2.27 bits per heavy atom. The monoisotopic (exact) mass is 352 g/mol. The first-order valence-electron chi connectivity index (χ1n) is 8.25. The van der Waals surface area contributed by atoms with Gasteiger partial charge in [0.1, 0.15) is 11.5 Å². The number of aliphatic hydroxyl groups is 2. The summed E-state index contributed by atoms with van der Waals surface area (Å²) in [7, 11) is 0. The maximum Gasteiger partial charge on any atom is 0.296 e. The lowest BCUT2D eigenvalue weighted by atomic mass is 10.0. The van der Waals surface area contributed by atoms with Crippen LogP contribution in [0.4, 0.5) is 0 Å². The van der Waals surface area contributed by atoms with Crippen molar-refractivity contribution in [3.63, 3.8) is 0 Å². The molecule has 0 bridgehead atoms. The number of aromatic nitrogens is 2. The Hall–Kier alpha value is -2.96. The summed E-state index contributed by atoms with van der Waals surface area (Å²) in [6.07, 6.45) is -0.933. The zero-order chi connectivity index (χ0) is 18.7. The van der Waals surface area contributed by atoms with Crippen LogP contribution < -0.4 is 5.56 Å². The highest BCUT2D eigenvalue weighted by Crippen LogP contribution is 2.23. The van der Waals surface area contributed by atoms with Gasteiger partial charge in [-0.15, -0.1) is 0 Å². The molecular formula is C20H20N2O4. The molecule has 1 unspecified atom stereocenters. The van der Waals surface area contributed by atoms with Gasteiger partial charge in [-0.3, -0.25) is 9.36 Å². The number of nitrogens with zero attached hydrogens (tertiary/aromatic N) is 2. The molecule has 0 saturated carbocycles. The van der Waals surface area contributed by atoms with Crippen molar-refractivity contribution in [2.24, 2.45) is 0 Å². The molecule has 0 radical (unpaired) electrons. The summed E-state index contributed by atoms with van der Waals surface area (Å²) in [5.41, 5.74) is 2.02. The summed E-state index contributed by atoms with van der Waals surface area (Å²) in [4.78, 5) is 16.2. The minimum Gasteiger partial charge on any atom is -0.502 e. The summed E-state index contributed by atoms with van der Waals surface area (Å²) in [5, 5.41) is 29.4. The Bertz CT molecular complexity index is 950. The fourth-order valence-corrected chi connectivity index (χ4v) is 2.84. The second-order valence-electron chi connectivity index (χ2n) is 6.03. The molecule has 0 fully saturated rings. The summed E-state index contributed by atoms with van der Waals surface area (Å²) in [6.45, 7) is 1.03. The van der Waals surface area contributed by atoms with E-state index in [9.17, 15) is 15.0 Å². The SMILES string of the molecule is Cc1nc(CO)c(O)c(=O)n1CC(O)c1ccc(-c2ccccc2)cc1. The Labute approximate surface area is 150 Å². The van der Waals surface area contributed by atoms with Gasteiger partial charge in [0, 0.05) is 0 Å². The third-order valence-electron chi connectivity index (χ3n) is 4.32. The van der Waals surface area contributed by atoms with Gasteiger partial charge in [0.25, 0.3) is 5.56 Å². The topological polar surface area (TPSA) is 95.6 Å². The van der Waals surface area contributed by atoms with E-state index in [4.69, 9.17) is 5.11 Å². The van der Waals surface area contributed by atoms with Crippen molar-refractivity contribution in [1.82, 2.24) is 9.55 Å². The number of benzene rings is 2. The lowest BCUT2D eigenvalue weighted by molar-refractivity contribution is 0.152. The van der Waals surface area contributed by atoms with Crippen molar-refractivity contribution < 1.29 is 15.3 Å². The van der Waals surface area contributed by atoms with Gasteiger partial charge in [-0.25, -0.2) is 4.98 Å². The first-order chi connectivity index (χ1) is 12.5.